The number of para-hydroxylation sites is 1. The van der Waals surface area contributed by atoms with Gasteiger partial charge < -0.3 is 10.5 Å². The number of halogens is 1. The van der Waals surface area contributed by atoms with E-state index in [0.717, 1.165) is 5.56 Å². The van der Waals surface area contributed by atoms with Crippen LogP contribution in [0, 0.1) is 24.1 Å². The van der Waals surface area contributed by atoms with Crippen LogP contribution in [0.25, 0.3) is 0 Å². The molecule has 0 bridgehead atoms. The molecule has 4 heteroatoms. The highest BCUT2D eigenvalue weighted by atomic mass is 19.1. The predicted molar refractivity (Wildman–Crippen MR) is 71.0 cm³/mol. The van der Waals surface area contributed by atoms with Crippen molar-refractivity contribution in [1.29, 1.82) is 5.26 Å². The highest BCUT2D eigenvalue weighted by molar-refractivity contribution is 5.56. The smallest absolute Gasteiger partial charge is 0.145 e. The molecule has 0 aliphatic carbocycles. The third kappa shape index (κ3) is 2.83. The maximum absolute atomic E-state index is 13.2. The summed E-state index contributed by atoms with van der Waals surface area (Å²) in [7, 11) is 0. The molecule has 0 unspecified atom stereocenters. The van der Waals surface area contributed by atoms with Gasteiger partial charge in [-0.25, -0.2) is 4.39 Å². The van der Waals surface area contributed by atoms with E-state index in [1.54, 1.807) is 6.07 Å². The molecule has 2 aromatic rings. The number of hydrogen-bond donors (Lipinski definition) is 1. The zero-order chi connectivity index (χ0) is 13.8. The van der Waals surface area contributed by atoms with E-state index in [4.69, 9.17) is 15.7 Å². The molecule has 0 saturated carbocycles. The van der Waals surface area contributed by atoms with Gasteiger partial charge in [-0.3, -0.25) is 0 Å². The van der Waals surface area contributed by atoms with E-state index in [1.165, 1.54) is 18.2 Å². The van der Waals surface area contributed by atoms with Crippen LogP contribution in [0.2, 0.25) is 0 Å². The Morgan fingerprint density at radius 2 is 2.11 bits per heavy atom. The third-order valence-corrected chi connectivity index (χ3v) is 2.80. The Labute approximate surface area is 111 Å². The number of rotatable bonds is 3. The molecule has 2 N–H and O–H groups in total. The van der Waals surface area contributed by atoms with Gasteiger partial charge in [0, 0.05) is 5.56 Å². The van der Waals surface area contributed by atoms with Crippen LogP contribution in [-0.4, -0.2) is 0 Å². The number of hydrogen-bond acceptors (Lipinski definition) is 3. The van der Waals surface area contributed by atoms with Crippen LogP contribution in [0.1, 0.15) is 16.7 Å². The Bertz CT molecular complexity index is 627. The summed E-state index contributed by atoms with van der Waals surface area (Å²) in [6, 6.07) is 11.4. The first kappa shape index (κ1) is 12.9. The summed E-state index contributed by atoms with van der Waals surface area (Å²) < 4.78 is 18.8. The molecule has 0 heterocycles. The first-order valence-electron chi connectivity index (χ1n) is 5.78. The molecular formula is C15H13FN2O. The van der Waals surface area contributed by atoms with Crippen molar-refractivity contribution in [1.82, 2.24) is 0 Å². The van der Waals surface area contributed by atoms with Crippen molar-refractivity contribution in [3.8, 4) is 11.8 Å². The fourth-order valence-corrected chi connectivity index (χ4v) is 1.81. The van der Waals surface area contributed by atoms with Crippen molar-refractivity contribution in [3.05, 3.63) is 58.9 Å². The molecule has 19 heavy (non-hydrogen) atoms. The van der Waals surface area contributed by atoms with Crippen LogP contribution in [-0.2, 0) is 6.61 Å². The number of nitrogens with two attached hydrogens (primary N) is 1. The number of nitriles is 1. The first-order valence-corrected chi connectivity index (χ1v) is 5.78. The minimum Gasteiger partial charge on any atom is -0.486 e. The maximum atomic E-state index is 13.2. The lowest BCUT2D eigenvalue weighted by molar-refractivity contribution is 0.305. The molecule has 0 aromatic heterocycles. The van der Waals surface area contributed by atoms with Crippen LogP contribution in [0.4, 0.5) is 10.1 Å². The minimum absolute atomic E-state index is 0.107. The molecule has 96 valence electrons. The lowest BCUT2D eigenvalue weighted by Crippen LogP contribution is -2.02. The molecule has 0 amide bonds. The summed E-state index contributed by atoms with van der Waals surface area (Å²) in [4.78, 5) is 0. The van der Waals surface area contributed by atoms with E-state index in [9.17, 15) is 4.39 Å². The van der Waals surface area contributed by atoms with Gasteiger partial charge in [-0.05, 0) is 36.8 Å². The molecular weight excluding hydrogens is 243 g/mol. The maximum Gasteiger partial charge on any atom is 0.145 e. The van der Waals surface area contributed by atoms with Crippen LogP contribution in [0.15, 0.2) is 36.4 Å². The van der Waals surface area contributed by atoms with Crippen molar-refractivity contribution < 1.29 is 9.13 Å². The van der Waals surface area contributed by atoms with Crippen LogP contribution < -0.4 is 10.5 Å². The second-order valence-corrected chi connectivity index (χ2v) is 4.20. The standard InChI is InChI=1S/C15H13FN2O/c1-10-3-2-4-14(18)15(10)19-9-12-7-13(16)6-5-11(12)8-17/h2-7H,9,18H2,1H3. The Hall–Kier alpha value is -2.54. The van der Waals surface area contributed by atoms with E-state index in [-0.39, 0.29) is 6.61 Å². The average Bonchev–Trinajstić information content (AvgIpc) is 2.38. The summed E-state index contributed by atoms with van der Waals surface area (Å²) in [5, 5.41) is 8.96. The van der Waals surface area contributed by atoms with Gasteiger partial charge in [0.05, 0.1) is 17.3 Å². The normalized spacial score (nSPS) is 9.95. The molecule has 0 aliphatic rings. The number of nitrogen functional groups attached to an aromatic ring is 1. The second kappa shape index (κ2) is 5.40. The van der Waals surface area contributed by atoms with Gasteiger partial charge in [0.1, 0.15) is 18.2 Å². The van der Waals surface area contributed by atoms with Gasteiger partial charge in [0.2, 0.25) is 0 Å². The predicted octanol–water partition coefficient (Wildman–Crippen LogP) is 3.17. The zero-order valence-electron chi connectivity index (χ0n) is 10.5. The third-order valence-electron chi connectivity index (χ3n) is 2.80. The van der Waals surface area contributed by atoms with Crippen LogP contribution in [0.5, 0.6) is 5.75 Å². The van der Waals surface area contributed by atoms with E-state index in [2.05, 4.69) is 0 Å². The largest absolute Gasteiger partial charge is 0.486 e. The van der Waals surface area contributed by atoms with E-state index >= 15 is 0 Å². The number of nitrogens with zero attached hydrogens (tertiary/aromatic N) is 1. The quantitative estimate of drug-likeness (QED) is 0.858. The Kier molecular flexibility index (Phi) is 3.67. The Balaban J connectivity index is 2.24. The summed E-state index contributed by atoms with van der Waals surface area (Å²) in [5.74, 6) is 0.172. The molecule has 3 nitrogen and oxygen atoms in total. The zero-order valence-corrected chi connectivity index (χ0v) is 10.5. The molecule has 0 radical (unpaired) electrons. The fourth-order valence-electron chi connectivity index (χ4n) is 1.81. The van der Waals surface area contributed by atoms with E-state index < -0.39 is 5.82 Å². The van der Waals surface area contributed by atoms with Crippen molar-refractivity contribution >= 4 is 5.69 Å². The van der Waals surface area contributed by atoms with Gasteiger partial charge in [-0.1, -0.05) is 12.1 Å². The van der Waals surface area contributed by atoms with Crippen molar-refractivity contribution in [2.75, 3.05) is 5.73 Å². The molecule has 0 saturated heterocycles. The lowest BCUT2D eigenvalue weighted by atomic mass is 10.1. The van der Waals surface area contributed by atoms with Gasteiger partial charge in [-0.2, -0.15) is 5.26 Å². The molecule has 0 fully saturated rings. The summed E-state index contributed by atoms with van der Waals surface area (Å²) in [5.41, 5.74) is 8.14. The van der Waals surface area contributed by atoms with E-state index in [0.29, 0.717) is 22.6 Å². The Morgan fingerprint density at radius 3 is 2.79 bits per heavy atom. The summed E-state index contributed by atoms with van der Waals surface area (Å²) in [6.07, 6.45) is 0. The SMILES string of the molecule is Cc1cccc(N)c1OCc1cc(F)ccc1C#N. The lowest BCUT2D eigenvalue weighted by Gasteiger charge is -2.12. The molecule has 0 spiro atoms. The molecule has 0 aliphatic heterocycles. The summed E-state index contributed by atoms with van der Waals surface area (Å²) >= 11 is 0. The van der Waals surface area contributed by atoms with Gasteiger partial charge in [0.25, 0.3) is 0 Å². The first-order chi connectivity index (χ1) is 9.11. The van der Waals surface area contributed by atoms with Gasteiger partial charge in [-0.15, -0.1) is 0 Å². The van der Waals surface area contributed by atoms with Crippen molar-refractivity contribution in [3.63, 3.8) is 0 Å². The van der Waals surface area contributed by atoms with Crippen molar-refractivity contribution in [2.45, 2.75) is 13.5 Å². The molecule has 0 atom stereocenters. The number of aryl methyl sites for hydroxylation is 1. The average molecular weight is 256 g/mol. The van der Waals surface area contributed by atoms with E-state index in [1.807, 2.05) is 25.1 Å². The highest BCUT2D eigenvalue weighted by Crippen LogP contribution is 2.26. The van der Waals surface area contributed by atoms with Gasteiger partial charge in [0.15, 0.2) is 0 Å². The van der Waals surface area contributed by atoms with Crippen LogP contribution in [0.3, 0.4) is 0 Å². The Morgan fingerprint density at radius 1 is 1.32 bits per heavy atom. The van der Waals surface area contributed by atoms with Crippen molar-refractivity contribution in [2.24, 2.45) is 0 Å². The van der Waals surface area contributed by atoms with Crippen LogP contribution >= 0.6 is 0 Å². The summed E-state index contributed by atoms with van der Waals surface area (Å²) in [6.45, 7) is 1.98. The monoisotopic (exact) mass is 256 g/mol. The second-order valence-electron chi connectivity index (χ2n) is 4.20. The molecule has 2 aromatic carbocycles. The highest BCUT2D eigenvalue weighted by Gasteiger charge is 2.08. The fraction of sp³-hybridized carbons (Fsp3) is 0.133. The number of benzene rings is 2. The van der Waals surface area contributed by atoms with Gasteiger partial charge >= 0.3 is 0 Å². The minimum atomic E-state index is -0.393. The molecule has 2 rings (SSSR count). The number of anilines is 1. The number of ether oxygens (including phenoxy) is 1. The topological polar surface area (TPSA) is 59.0 Å².